The van der Waals surface area contributed by atoms with Gasteiger partial charge in [-0.3, -0.25) is 9.59 Å². The fourth-order valence-corrected chi connectivity index (χ4v) is 3.07. The summed E-state index contributed by atoms with van der Waals surface area (Å²) in [6, 6.07) is 6.63. The zero-order valence-corrected chi connectivity index (χ0v) is 16.6. The minimum Gasteiger partial charge on any atom is -0.402 e. The second kappa shape index (κ2) is 9.23. The van der Waals surface area contributed by atoms with E-state index in [4.69, 9.17) is 5.73 Å². The number of allylic oxidation sites excluding steroid dienone is 3. The van der Waals surface area contributed by atoms with Gasteiger partial charge in [0.1, 0.15) is 0 Å². The molecule has 0 saturated heterocycles. The van der Waals surface area contributed by atoms with E-state index >= 15 is 0 Å². The van der Waals surface area contributed by atoms with Crippen molar-refractivity contribution in [3.05, 3.63) is 58.3 Å². The van der Waals surface area contributed by atoms with Crippen molar-refractivity contribution in [3.8, 4) is 11.8 Å². The second-order valence-electron chi connectivity index (χ2n) is 7.23. The maximum absolute atomic E-state index is 12.3. The van der Waals surface area contributed by atoms with E-state index in [0.717, 1.165) is 29.7 Å². The molecule has 0 heterocycles. The van der Waals surface area contributed by atoms with Crippen molar-refractivity contribution < 1.29 is 9.59 Å². The summed E-state index contributed by atoms with van der Waals surface area (Å²) in [5.74, 6) is 6.07. The molecule has 0 aromatic heterocycles. The van der Waals surface area contributed by atoms with Crippen LogP contribution in [0.4, 0.5) is 0 Å². The summed E-state index contributed by atoms with van der Waals surface area (Å²) in [7, 11) is 0. The number of rotatable bonds is 5. The molecular formula is C23H28N2O2. The van der Waals surface area contributed by atoms with E-state index in [1.807, 2.05) is 26.0 Å². The maximum Gasteiger partial charge on any atom is 0.251 e. The van der Waals surface area contributed by atoms with Crippen LogP contribution in [0.1, 0.15) is 62.9 Å². The van der Waals surface area contributed by atoms with Gasteiger partial charge in [-0.25, -0.2) is 0 Å². The Labute approximate surface area is 161 Å². The Bertz CT molecular complexity index is 833. The largest absolute Gasteiger partial charge is 0.402 e. The minimum atomic E-state index is -0.471. The van der Waals surface area contributed by atoms with E-state index in [1.165, 1.54) is 12.5 Å². The first kappa shape index (κ1) is 20.5. The second-order valence-corrected chi connectivity index (χ2v) is 7.23. The summed E-state index contributed by atoms with van der Waals surface area (Å²) in [5, 5.41) is 2.80. The van der Waals surface area contributed by atoms with Crippen molar-refractivity contribution in [3.63, 3.8) is 0 Å². The third kappa shape index (κ3) is 5.59. The molecule has 0 spiro atoms. The number of hydrogen-bond acceptors (Lipinski definition) is 3. The summed E-state index contributed by atoms with van der Waals surface area (Å²) in [4.78, 5) is 24.0. The third-order valence-electron chi connectivity index (χ3n) is 4.76. The molecule has 1 aliphatic rings. The Kier molecular flexibility index (Phi) is 7.01. The number of carbonyl (C=O) groups is 2. The zero-order valence-electron chi connectivity index (χ0n) is 16.6. The standard InChI is InChI=1S/C23H28N2O2/c1-5-19-11-10-18(14-21(19)24)7-6-17-8-12-20(13-9-17)23(27)25-22(15(2)3)16(4)26/h8-10,12-13,15,22H,5,11,14,24H2,1-4H3,(H,25,27)/t22-/m0/s1. The van der Waals surface area contributed by atoms with Crippen molar-refractivity contribution in [2.75, 3.05) is 0 Å². The first-order chi connectivity index (χ1) is 12.8. The third-order valence-corrected chi connectivity index (χ3v) is 4.76. The van der Waals surface area contributed by atoms with Crippen molar-refractivity contribution in [1.82, 2.24) is 5.32 Å². The fraction of sp³-hybridized carbons (Fsp3) is 0.391. The smallest absolute Gasteiger partial charge is 0.251 e. The van der Waals surface area contributed by atoms with Crippen LogP contribution in [0.3, 0.4) is 0 Å². The van der Waals surface area contributed by atoms with E-state index in [-0.39, 0.29) is 17.6 Å². The molecule has 142 valence electrons. The monoisotopic (exact) mass is 364 g/mol. The molecular weight excluding hydrogens is 336 g/mol. The summed E-state index contributed by atoms with van der Waals surface area (Å²) >= 11 is 0. The lowest BCUT2D eigenvalue weighted by atomic mass is 9.95. The van der Waals surface area contributed by atoms with Crippen molar-refractivity contribution >= 4 is 11.7 Å². The highest BCUT2D eigenvalue weighted by Crippen LogP contribution is 2.23. The lowest BCUT2D eigenvalue weighted by Crippen LogP contribution is -2.43. The van der Waals surface area contributed by atoms with Gasteiger partial charge in [0.2, 0.25) is 0 Å². The van der Waals surface area contributed by atoms with Gasteiger partial charge >= 0.3 is 0 Å². The Balaban J connectivity index is 2.03. The van der Waals surface area contributed by atoms with Crippen LogP contribution in [-0.4, -0.2) is 17.7 Å². The molecule has 4 heteroatoms. The molecule has 1 aromatic carbocycles. The first-order valence-electron chi connectivity index (χ1n) is 9.40. The topological polar surface area (TPSA) is 72.2 Å². The van der Waals surface area contributed by atoms with Gasteiger partial charge in [-0.2, -0.15) is 0 Å². The number of hydrogen-bond donors (Lipinski definition) is 2. The van der Waals surface area contributed by atoms with Crippen molar-refractivity contribution in [2.45, 2.75) is 53.0 Å². The Morgan fingerprint density at radius 2 is 1.85 bits per heavy atom. The molecule has 0 fully saturated rings. The van der Waals surface area contributed by atoms with Gasteiger partial charge in [0, 0.05) is 28.8 Å². The number of benzene rings is 1. The van der Waals surface area contributed by atoms with Crippen molar-refractivity contribution in [1.29, 1.82) is 0 Å². The average Bonchev–Trinajstić information content (AvgIpc) is 2.64. The van der Waals surface area contributed by atoms with Gasteiger partial charge in [-0.05, 0) is 55.5 Å². The molecule has 1 aliphatic carbocycles. The molecule has 0 bridgehead atoms. The van der Waals surface area contributed by atoms with E-state index in [0.29, 0.717) is 12.0 Å². The SMILES string of the molecule is CCC1=C(N)CC(C#Cc2ccc(C(=O)N[C@H](C(C)=O)C(C)C)cc2)=CC1. The lowest BCUT2D eigenvalue weighted by Gasteiger charge is -2.19. The van der Waals surface area contributed by atoms with Gasteiger partial charge in [-0.1, -0.05) is 38.7 Å². The quantitative estimate of drug-likeness (QED) is 0.782. The Hall–Kier alpha value is -2.80. The highest BCUT2D eigenvalue weighted by Gasteiger charge is 2.21. The van der Waals surface area contributed by atoms with E-state index in [2.05, 4.69) is 30.2 Å². The van der Waals surface area contributed by atoms with E-state index in [9.17, 15) is 9.59 Å². The van der Waals surface area contributed by atoms with E-state index < -0.39 is 6.04 Å². The maximum atomic E-state index is 12.3. The number of Topliss-reactive ketones (excluding diaryl/α,β-unsaturated/α-hetero) is 1. The van der Waals surface area contributed by atoms with Gasteiger partial charge in [0.25, 0.3) is 5.91 Å². The predicted octanol–water partition coefficient (Wildman–Crippen LogP) is 3.72. The number of carbonyl (C=O) groups excluding carboxylic acids is 2. The minimum absolute atomic E-state index is 0.0406. The van der Waals surface area contributed by atoms with Gasteiger partial charge in [-0.15, -0.1) is 0 Å². The molecule has 1 amide bonds. The van der Waals surface area contributed by atoms with Crippen molar-refractivity contribution in [2.24, 2.45) is 11.7 Å². The zero-order chi connectivity index (χ0) is 20.0. The first-order valence-corrected chi connectivity index (χ1v) is 9.40. The van der Waals surface area contributed by atoms with Crippen LogP contribution in [0.15, 0.2) is 47.2 Å². The molecule has 4 nitrogen and oxygen atoms in total. The number of nitrogens with two attached hydrogens (primary N) is 1. The molecule has 1 atom stereocenters. The summed E-state index contributed by atoms with van der Waals surface area (Å²) in [6.45, 7) is 7.44. The van der Waals surface area contributed by atoms with Crippen LogP contribution in [-0.2, 0) is 4.79 Å². The molecule has 0 aliphatic heterocycles. The predicted molar refractivity (Wildman–Crippen MR) is 109 cm³/mol. The van der Waals surface area contributed by atoms with Gasteiger partial charge in [0.05, 0.1) is 6.04 Å². The van der Waals surface area contributed by atoms with Gasteiger partial charge < -0.3 is 11.1 Å². The van der Waals surface area contributed by atoms with Crippen LogP contribution in [0, 0.1) is 17.8 Å². The van der Waals surface area contributed by atoms with Crippen LogP contribution in [0.2, 0.25) is 0 Å². The number of nitrogens with one attached hydrogen (secondary N) is 1. The van der Waals surface area contributed by atoms with Crippen LogP contribution in [0.5, 0.6) is 0 Å². The summed E-state index contributed by atoms with van der Waals surface area (Å²) < 4.78 is 0. The molecule has 0 radical (unpaired) electrons. The molecule has 2 rings (SSSR count). The highest BCUT2D eigenvalue weighted by molar-refractivity contribution is 5.97. The number of amides is 1. The Morgan fingerprint density at radius 1 is 1.19 bits per heavy atom. The lowest BCUT2D eigenvalue weighted by molar-refractivity contribution is -0.119. The molecule has 0 unspecified atom stereocenters. The summed E-state index contributed by atoms with van der Waals surface area (Å²) in [5.41, 5.74) is 10.7. The van der Waals surface area contributed by atoms with Crippen LogP contribution < -0.4 is 11.1 Å². The molecule has 1 aromatic rings. The summed E-state index contributed by atoms with van der Waals surface area (Å²) in [6.07, 6.45) is 4.70. The number of ketones is 1. The normalized spacial score (nSPS) is 14.9. The van der Waals surface area contributed by atoms with Crippen LogP contribution in [0.25, 0.3) is 0 Å². The van der Waals surface area contributed by atoms with Crippen LogP contribution >= 0.6 is 0 Å². The molecule has 27 heavy (non-hydrogen) atoms. The Morgan fingerprint density at radius 3 is 2.37 bits per heavy atom. The van der Waals surface area contributed by atoms with Gasteiger partial charge in [0.15, 0.2) is 5.78 Å². The highest BCUT2D eigenvalue weighted by atomic mass is 16.2. The fourth-order valence-electron chi connectivity index (χ4n) is 3.07. The van der Waals surface area contributed by atoms with E-state index in [1.54, 1.807) is 12.1 Å². The molecule has 0 saturated carbocycles. The average molecular weight is 364 g/mol. The molecule has 3 N–H and O–H groups in total.